The highest BCUT2D eigenvalue weighted by Gasteiger charge is 2.35. The van der Waals surface area contributed by atoms with E-state index in [1.165, 1.54) is 0 Å². The van der Waals surface area contributed by atoms with Crippen molar-refractivity contribution in [2.75, 3.05) is 40.3 Å². The first-order chi connectivity index (χ1) is 11.6. The van der Waals surface area contributed by atoms with Gasteiger partial charge in [0, 0.05) is 26.2 Å². The number of amides is 3. The molecule has 6 heteroatoms. The number of rotatable bonds is 4. The fraction of sp³-hybridized carbons (Fsp3) is 0.556. The molecule has 24 heavy (non-hydrogen) atoms. The van der Waals surface area contributed by atoms with Crippen LogP contribution < -0.4 is 5.32 Å². The Kier molecular flexibility index (Phi) is 5.04. The normalized spacial score (nSPS) is 22.6. The van der Waals surface area contributed by atoms with Gasteiger partial charge in [0.15, 0.2) is 0 Å². The van der Waals surface area contributed by atoms with Gasteiger partial charge < -0.3 is 15.1 Å². The lowest BCUT2D eigenvalue weighted by Gasteiger charge is -2.39. The maximum Gasteiger partial charge on any atom is 0.317 e. The second-order valence-electron chi connectivity index (χ2n) is 6.78. The van der Waals surface area contributed by atoms with Crippen LogP contribution in [0.2, 0.25) is 0 Å². The average Bonchev–Trinajstić information content (AvgIpc) is 3.02. The van der Waals surface area contributed by atoms with Gasteiger partial charge in [-0.05, 0) is 32.5 Å². The molecule has 2 saturated heterocycles. The van der Waals surface area contributed by atoms with Crippen LogP contribution >= 0.6 is 0 Å². The molecule has 6 nitrogen and oxygen atoms in total. The van der Waals surface area contributed by atoms with Gasteiger partial charge in [-0.2, -0.15) is 0 Å². The summed E-state index contributed by atoms with van der Waals surface area (Å²) in [4.78, 5) is 30.8. The number of hydrogen-bond donors (Lipinski definition) is 1. The number of nitrogens with one attached hydrogen (secondary N) is 1. The van der Waals surface area contributed by atoms with Gasteiger partial charge in [0.1, 0.15) is 6.04 Å². The van der Waals surface area contributed by atoms with Gasteiger partial charge in [-0.3, -0.25) is 9.69 Å². The van der Waals surface area contributed by atoms with E-state index in [0.717, 1.165) is 31.5 Å². The molecule has 2 aliphatic heterocycles. The molecule has 3 amide bonds. The quantitative estimate of drug-likeness (QED) is 0.905. The molecule has 0 bridgehead atoms. The van der Waals surface area contributed by atoms with Crippen LogP contribution in [-0.2, 0) is 4.79 Å². The zero-order chi connectivity index (χ0) is 17.1. The van der Waals surface area contributed by atoms with E-state index in [9.17, 15) is 9.59 Å². The van der Waals surface area contributed by atoms with Crippen molar-refractivity contribution in [3.8, 4) is 0 Å². The Balaban J connectivity index is 1.74. The number of hydrogen-bond acceptors (Lipinski definition) is 3. The van der Waals surface area contributed by atoms with E-state index in [0.29, 0.717) is 13.1 Å². The molecular formula is C18H26N4O2. The molecular weight excluding hydrogens is 304 g/mol. The lowest BCUT2D eigenvalue weighted by Crippen LogP contribution is -2.52. The Morgan fingerprint density at radius 2 is 2.00 bits per heavy atom. The SMILES string of the molecule is CN(C)[C@@H](C(=O)N1CCC[C@H](N2CCNC2=O)C1)c1ccccc1. The van der Waals surface area contributed by atoms with E-state index in [4.69, 9.17) is 0 Å². The Hall–Kier alpha value is -2.08. The van der Waals surface area contributed by atoms with Crippen LogP contribution in [0.4, 0.5) is 4.79 Å². The molecule has 1 N–H and O–H groups in total. The third-order valence-electron chi connectivity index (χ3n) is 4.90. The predicted molar refractivity (Wildman–Crippen MR) is 92.6 cm³/mol. The number of carbonyl (C=O) groups excluding carboxylic acids is 2. The highest BCUT2D eigenvalue weighted by atomic mass is 16.2. The number of nitrogens with zero attached hydrogens (tertiary/aromatic N) is 3. The molecule has 2 fully saturated rings. The Labute approximate surface area is 143 Å². The van der Waals surface area contributed by atoms with Crippen molar-refractivity contribution in [2.24, 2.45) is 0 Å². The monoisotopic (exact) mass is 330 g/mol. The van der Waals surface area contributed by atoms with Crippen molar-refractivity contribution < 1.29 is 9.59 Å². The summed E-state index contributed by atoms with van der Waals surface area (Å²) in [7, 11) is 3.87. The van der Waals surface area contributed by atoms with Crippen molar-refractivity contribution in [2.45, 2.75) is 24.9 Å². The standard InChI is InChI=1S/C18H26N4O2/c1-20(2)16(14-7-4-3-5-8-14)17(23)21-11-6-9-15(13-21)22-12-10-19-18(22)24/h3-5,7-8,15-16H,6,9-13H2,1-2H3,(H,19,24)/t15-,16+/m0/s1. The number of carbonyl (C=O) groups is 2. The number of benzene rings is 1. The maximum atomic E-state index is 13.1. The molecule has 2 heterocycles. The molecule has 0 aliphatic carbocycles. The first kappa shape index (κ1) is 16.8. The van der Waals surface area contributed by atoms with E-state index in [2.05, 4.69) is 5.32 Å². The van der Waals surface area contributed by atoms with Gasteiger partial charge >= 0.3 is 6.03 Å². The second-order valence-corrected chi connectivity index (χ2v) is 6.78. The summed E-state index contributed by atoms with van der Waals surface area (Å²) in [5.74, 6) is 0.121. The predicted octanol–water partition coefficient (Wildman–Crippen LogP) is 1.31. The number of urea groups is 1. The summed E-state index contributed by atoms with van der Waals surface area (Å²) in [5, 5.41) is 2.85. The van der Waals surface area contributed by atoms with Crippen LogP contribution in [-0.4, -0.2) is 73.0 Å². The third kappa shape index (κ3) is 3.38. The van der Waals surface area contributed by atoms with Crippen LogP contribution in [0.25, 0.3) is 0 Å². The minimum Gasteiger partial charge on any atom is -0.339 e. The highest BCUT2D eigenvalue weighted by Crippen LogP contribution is 2.24. The molecule has 1 aromatic carbocycles. The topological polar surface area (TPSA) is 55.9 Å². The first-order valence-corrected chi connectivity index (χ1v) is 8.62. The van der Waals surface area contributed by atoms with Crippen molar-refractivity contribution >= 4 is 11.9 Å². The molecule has 0 aromatic heterocycles. The molecule has 1 aromatic rings. The van der Waals surface area contributed by atoms with Gasteiger partial charge in [0.2, 0.25) is 5.91 Å². The molecule has 2 aliphatic rings. The van der Waals surface area contributed by atoms with Gasteiger partial charge in [-0.25, -0.2) is 4.79 Å². The number of likely N-dealkylation sites (N-methyl/N-ethyl adjacent to an activating group) is 1. The van der Waals surface area contributed by atoms with Crippen molar-refractivity contribution in [3.63, 3.8) is 0 Å². The summed E-state index contributed by atoms with van der Waals surface area (Å²) >= 11 is 0. The minimum absolute atomic E-state index is 0.00141. The maximum absolute atomic E-state index is 13.1. The largest absolute Gasteiger partial charge is 0.339 e. The molecule has 130 valence electrons. The number of piperidine rings is 1. The van der Waals surface area contributed by atoms with Gasteiger partial charge in [-0.1, -0.05) is 30.3 Å². The van der Waals surface area contributed by atoms with E-state index in [1.54, 1.807) is 0 Å². The zero-order valence-electron chi connectivity index (χ0n) is 14.4. The van der Waals surface area contributed by atoms with Crippen LogP contribution in [0.5, 0.6) is 0 Å². The summed E-state index contributed by atoms with van der Waals surface area (Å²) in [6.07, 6.45) is 1.91. The van der Waals surface area contributed by atoms with E-state index in [-0.39, 0.29) is 24.0 Å². The second kappa shape index (κ2) is 7.21. The minimum atomic E-state index is -0.280. The van der Waals surface area contributed by atoms with Crippen LogP contribution in [0.15, 0.2) is 30.3 Å². The summed E-state index contributed by atoms with van der Waals surface area (Å²) in [6.45, 7) is 2.83. The summed E-state index contributed by atoms with van der Waals surface area (Å²) in [6, 6.07) is 9.74. The first-order valence-electron chi connectivity index (χ1n) is 8.62. The molecule has 2 atom stereocenters. The van der Waals surface area contributed by atoms with Crippen molar-refractivity contribution in [3.05, 3.63) is 35.9 Å². The van der Waals surface area contributed by atoms with Crippen molar-refractivity contribution in [1.29, 1.82) is 0 Å². The van der Waals surface area contributed by atoms with Gasteiger partial charge in [-0.15, -0.1) is 0 Å². The van der Waals surface area contributed by atoms with Gasteiger partial charge in [0.05, 0.1) is 6.04 Å². The lowest BCUT2D eigenvalue weighted by molar-refractivity contribution is -0.138. The van der Waals surface area contributed by atoms with Crippen molar-refractivity contribution in [1.82, 2.24) is 20.0 Å². The molecule has 0 saturated carbocycles. The Morgan fingerprint density at radius 3 is 2.62 bits per heavy atom. The van der Waals surface area contributed by atoms with E-state index in [1.807, 2.05) is 59.1 Å². The van der Waals surface area contributed by atoms with Gasteiger partial charge in [0.25, 0.3) is 0 Å². The molecule has 0 spiro atoms. The highest BCUT2D eigenvalue weighted by molar-refractivity contribution is 5.83. The Bertz CT molecular complexity index is 590. The average molecular weight is 330 g/mol. The molecule has 3 rings (SSSR count). The third-order valence-corrected chi connectivity index (χ3v) is 4.90. The summed E-state index contributed by atoms with van der Waals surface area (Å²) < 4.78 is 0. The zero-order valence-corrected chi connectivity index (χ0v) is 14.4. The van der Waals surface area contributed by atoms with E-state index < -0.39 is 0 Å². The number of likely N-dealkylation sites (tertiary alicyclic amines) is 1. The van der Waals surface area contributed by atoms with Crippen LogP contribution in [0.3, 0.4) is 0 Å². The van der Waals surface area contributed by atoms with Crippen LogP contribution in [0.1, 0.15) is 24.4 Å². The lowest BCUT2D eigenvalue weighted by atomic mass is 10.00. The Morgan fingerprint density at radius 1 is 1.25 bits per heavy atom. The molecule has 0 radical (unpaired) electrons. The smallest absolute Gasteiger partial charge is 0.317 e. The van der Waals surface area contributed by atoms with E-state index >= 15 is 0 Å². The van der Waals surface area contributed by atoms with Crippen LogP contribution in [0, 0.1) is 0 Å². The fourth-order valence-corrected chi connectivity index (χ4v) is 3.71. The summed E-state index contributed by atoms with van der Waals surface area (Å²) in [5.41, 5.74) is 1.01. The fourth-order valence-electron chi connectivity index (χ4n) is 3.71. The molecule has 0 unspecified atom stereocenters.